The van der Waals surface area contributed by atoms with E-state index in [9.17, 15) is 0 Å². The lowest BCUT2D eigenvalue weighted by molar-refractivity contribution is -0.001000. The molecule has 1 aromatic rings. The average Bonchev–Trinajstić information content (AvgIpc) is 2.48. The summed E-state index contributed by atoms with van der Waals surface area (Å²) >= 11 is 0. The van der Waals surface area contributed by atoms with Crippen LogP contribution in [0.5, 0.6) is 0 Å². The number of aromatic nitrogens is 3. The van der Waals surface area contributed by atoms with Crippen LogP contribution in [0.3, 0.4) is 0 Å². The summed E-state index contributed by atoms with van der Waals surface area (Å²) in [5.41, 5.74) is 0. The third kappa shape index (κ3) is 5.05. The van der Waals surface area contributed by atoms with E-state index in [2.05, 4.69) is 20.5 Å². The fourth-order valence-electron chi connectivity index (χ4n) is 0.754. The number of halogens is 2. The van der Waals surface area contributed by atoms with E-state index in [0.29, 0.717) is 5.82 Å². The van der Waals surface area contributed by atoms with Gasteiger partial charge in [0.05, 0.1) is 0 Å². The van der Waals surface area contributed by atoms with E-state index < -0.39 is 0 Å². The van der Waals surface area contributed by atoms with E-state index in [1.807, 2.05) is 7.05 Å². The van der Waals surface area contributed by atoms with Gasteiger partial charge in [0.25, 0.3) is 0 Å². The number of H-pyrrole nitrogens is 1. The zero-order valence-corrected chi connectivity index (χ0v) is 8.73. The topological polar surface area (TPSA) is 73.8 Å². The molecule has 0 aliphatic rings. The molecule has 0 aromatic carbocycles. The first kappa shape index (κ1) is 15.1. The van der Waals surface area contributed by atoms with Crippen molar-refractivity contribution in [3.63, 3.8) is 0 Å². The molecule has 0 fully saturated rings. The lowest BCUT2D eigenvalue weighted by Gasteiger charge is -1.91. The molecule has 0 bridgehead atoms. The molecule has 0 unspecified atom stereocenters. The fraction of sp³-hybridized carbons (Fsp3) is 0.667. The molecule has 1 aromatic heterocycles. The second-order valence-electron chi connectivity index (χ2n) is 2.21. The van der Waals surface area contributed by atoms with Gasteiger partial charge in [0.15, 0.2) is 5.82 Å². The van der Waals surface area contributed by atoms with Crippen LogP contribution in [0.15, 0.2) is 0 Å². The molecule has 0 saturated heterocycles. The Balaban J connectivity index is 0. The van der Waals surface area contributed by atoms with Crippen LogP contribution in [0.25, 0.3) is 0 Å². The quantitative estimate of drug-likeness (QED) is 0.478. The molecular formula is C6H12Cl2N4O-2. The summed E-state index contributed by atoms with van der Waals surface area (Å²) in [6, 6.07) is 0. The summed E-state index contributed by atoms with van der Waals surface area (Å²) in [4.78, 5) is 4.01. The highest BCUT2D eigenvalue weighted by atomic mass is 35.5. The van der Waals surface area contributed by atoms with Gasteiger partial charge in [-0.05, 0) is 7.05 Å². The van der Waals surface area contributed by atoms with Crippen molar-refractivity contribution in [1.29, 1.82) is 0 Å². The number of aliphatic hydroxyl groups is 1. The monoisotopic (exact) mass is 226 g/mol. The molecule has 0 aliphatic carbocycles. The minimum Gasteiger partial charge on any atom is -1.00 e. The van der Waals surface area contributed by atoms with E-state index in [-0.39, 0.29) is 31.4 Å². The number of likely N-dealkylation sites (N-methyl/N-ethyl adjacent to an activating group) is 1. The van der Waals surface area contributed by atoms with Gasteiger partial charge in [-0.2, -0.15) is 5.10 Å². The first-order valence-corrected chi connectivity index (χ1v) is 3.52. The van der Waals surface area contributed by atoms with E-state index in [1.54, 1.807) is 0 Å². The van der Waals surface area contributed by atoms with Crippen LogP contribution in [0.4, 0.5) is 0 Å². The van der Waals surface area contributed by atoms with Crippen molar-refractivity contribution < 1.29 is 29.9 Å². The van der Waals surface area contributed by atoms with Crippen molar-refractivity contribution in [3.8, 4) is 0 Å². The van der Waals surface area contributed by atoms with Gasteiger partial charge in [-0.3, -0.25) is 5.10 Å². The predicted octanol–water partition coefficient (Wildman–Crippen LogP) is -6.93. The third-order valence-corrected chi connectivity index (χ3v) is 1.33. The third-order valence-electron chi connectivity index (χ3n) is 1.33. The van der Waals surface area contributed by atoms with Crippen molar-refractivity contribution in [2.45, 2.75) is 13.0 Å². The molecule has 0 spiro atoms. The molecule has 0 atom stereocenters. The molecule has 5 nitrogen and oxygen atoms in total. The van der Waals surface area contributed by atoms with Crippen LogP contribution in [-0.2, 0) is 13.0 Å². The normalized spacial score (nSPS) is 8.77. The molecule has 1 rings (SSSR count). The number of hydrogen-bond acceptors (Lipinski definition) is 4. The van der Waals surface area contributed by atoms with E-state index in [0.717, 1.165) is 18.8 Å². The van der Waals surface area contributed by atoms with Crippen molar-refractivity contribution in [2.24, 2.45) is 0 Å². The summed E-state index contributed by atoms with van der Waals surface area (Å²) in [6.45, 7) is 0.773. The molecule has 1 heterocycles. The Kier molecular flexibility index (Phi) is 9.60. The number of nitrogens with one attached hydrogen (secondary N) is 2. The highest BCUT2D eigenvalue weighted by Crippen LogP contribution is 1.91. The smallest absolute Gasteiger partial charge is 0.152 e. The SMILES string of the molecule is CNCCc1n[nH]c(CO)n1.[Cl-].[Cl-]. The summed E-state index contributed by atoms with van der Waals surface area (Å²) < 4.78 is 0. The lowest BCUT2D eigenvalue weighted by atomic mass is 10.4. The maximum atomic E-state index is 8.63. The molecule has 0 aliphatic heterocycles. The van der Waals surface area contributed by atoms with Crippen LogP contribution in [0, 0.1) is 0 Å². The van der Waals surface area contributed by atoms with Crippen LogP contribution in [0.2, 0.25) is 0 Å². The Morgan fingerprint density at radius 1 is 1.46 bits per heavy atom. The number of rotatable bonds is 4. The molecule has 13 heavy (non-hydrogen) atoms. The molecule has 0 saturated carbocycles. The molecular weight excluding hydrogens is 215 g/mol. The number of aromatic amines is 1. The first-order chi connectivity index (χ1) is 5.36. The minimum atomic E-state index is -0.0768. The lowest BCUT2D eigenvalue weighted by Crippen LogP contribution is -3.00. The summed E-state index contributed by atoms with van der Waals surface area (Å²) in [5.74, 6) is 1.26. The van der Waals surface area contributed by atoms with Crippen LogP contribution < -0.4 is 30.1 Å². The molecule has 78 valence electrons. The summed E-state index contributed by atoms with van der Waals surface area (Å²) in [6.07, 6.45) is 0.785. The van der Waals surface area contributed by atoms with Crippen molar-refractivity contribution in [1.82, 2.24) is 20.5 Å². The predicted molar refractivity (Wildman–Crippen MR) is 39.9 cm³/mol. The highest BCUT2D eigenvalue weighted by molar-refractivity contribution is 4.88. The van der Waals surface area contributed by atoms with Gasteiger partial charge in [0, 0.05) is 13.0 Å². The number of hydrogen-bond donors (Lipinski definition) is 3. The average molecular weight is 227 g/mol. The Morgan fingerprint density at radius 2 is 2.15 bits per heavy atom. The second kappa shape index (κ2) is 8.25. The first-order valence-electron chi connectivity index (χ1n) is 3.52. The van der Waals surface area contributed by atoms with Crippen LogP contribution in [-0.4, -0.2) is 33.9 Å². The van der Waals surface area contributed by atoms with Crippen LogP contribution >= 0.6 is 0 Å². The number of aliphatic hydroxyl groups excluding tert-OH is 1. The summed E-state index contributed by atoms with van der Waals surface area (Å²) in [5, 5.41) is 18.1. The Bertz CT molecular complexity index is 218. The van der Waals surface area contributed by atoms with Crippen molar-refractivity contribution in [2.75, 3.05) is 13.6 Å². The van der Waals surface area contributed by atoms with E-state index in [4.69, 9.17) is 5.11 Å². The molecule has 0 amide bonds. The second-order valence-corrected chi connectivity index (χ2v) is 2.21. The van der Waals surface area contributed by atoms with Gasteiger partial charge in [-0.25, -0.2) is 4.98 Å². The fourth-order valence-corrected chi connectivity index (χ4v) is 0.754. The zero-order chi connectivity index (χ0) is 8.10. The van der Waals surface area contributed by atoms with Gasteiger partial charge in [0.1, 0.15) is 12.4 Å². The van der Waals surface area contributed by atoms with Crippen molar-refractivity contribution in [3.05, 3.63) is 11.6 Å². The van der Waals surface area contributed by atoms with Crippen molar-refractivity contribution >= 4 is 0 Å². The maximum Gasteiger partial charge on any atom is 0.152 e. The van der Waals surface area contributed by atoms with Gasteiger partial charge in [-0.15, -0.1) is 0 Å². The van der Waals surface area contributed by atoms with Crippen LogP contribution in [0.1, 0.15) is 11.6 Å². The van der Waals surface area contributed by atoms with E-state index in [1.165, 1.54) is 0 Å². The summed E-state index contributed by atoms with van der Waals surface area (Å²) in [7, 11) is 1.87. The standard InChI is InChI=1S/C6H12N4O.2ClH/c1-7-3-2-5-8-6(4-11)10-9-5;;/h7,11H,2-4H2,1H3,(H,8,9,10);2*1H/p-2. The van der Waals surface area contributed by atoms with Gasteiger partial charge < -0.3 is 35.2 Å². The largest absolute Gasteiger partial charge is 1.00 e. The number of nitrogens with zero attached hydrogens (tertiary/aromatic N) is 2. The minimum absolute atomic E-state index is 0. The molecule has 7 heteroatoms. The van der Waals surface area contributed by atoms with Gasteiger partial charge in [-0.1, -0.05) is 0 Å². The Morgan fingerprint density at radius 3 is 2.62 bits per heavy atom. The molecule has 3 N–H and O–H groups in total. The van der Waals surface area contributed by atoms with Gasteiger partial charge >= 0.3 is 0 Å². The van der Waals surface area contributed by atoms with E-state index >= 15 is 0 Å². The van der Waals surface area contributed by atoms with Gasteiger partial charge in [0.2, 0.25) is 0 Å². The zero-order valence-electron chi connectivity index (χ0n) is 7.22. The maximum absolute atomic E-state index is 8.63. The Labute approximate surface area is 89.2 Å². The Hall–Kier alpha value is -0.360. The highest BCUT2D eigenvalue weighted by Gasteiger charge is 1.99. The molecule has 0 radical (unpaired) electrons.